The molecule has 0 aliphatic carbocycles. The average molecular weight is 315 g/mol. The van der Waals surface area contributed by atoms with E-state index in [2.05, 4.69) is 11.8 Å². The summed E-state index contributed by atoms with van der Waals surface area (Å²) >= 11 is 6.09. The van der Waals surface area contributed by atoms with Crippen molar-refractivity contribution in [2.24, 2.45) is 5.73 Å². The number of halogens is 1. The van der Waals surface area contributed by atoms with E-state index in [1.807, 2.05) is 13.8 Å². The van der Waals surface area contributed by atoms with E-state index in [4.69, 9.17) is 17.3 Å². The van der Waals surface area contributed by atoms with E-state index >= 15 is 0 Å². The minimum absolute atomic E-state index is 0.105. The molecular formula is C14H19ClN2O2S. The third-order valence-electron chi connectivity index (χ3n) is 2.74. The Bertz CT molecular complexity index is 630. The zero-order valence-corrected chi connectivity index (χ0v) is 13.4. The van der Waals surface area contributed by atoms with Crippen LogP contribution in [0.3, 0.4) is 0 Å². The fraction of sp³-hybridized carbons (Fsp3) is 0.429. The number of hydrogen-bond donors (Lipinski definition) is 1. The predicted molar refractivity (Wildman–Crippen MR) is 82.1 cm³/mol. The highest BCUT2D eigenvalue weighted by Crippen LogP contribution is 2.26. The van der Waals surface area contributed by atoms with Crippen LogP contribution >= 0.6 is 11.6 Å². The average Bonchev–Trinajstić information content (AvgIpc) is 2.35. The van der Waals surface area contributed by atoms with Gasteiger partial charge in [-0.3, -0.25) is 0 Å². The lowest BCUT2D eigenvalue weighted by molar-refractivity contribution is 0.369. The van der Waals surface area contributed by atoms with Crippen LogP contribution in [0.4, 0.5) is 0 Å². The molecular weight excluding hydrogens is 296 g/mol. The molecule has 0 spiro atoms. The Kier molecular flexibility index (Phi) is 6.03. The van der Waals surface area contributed by atoms with Crippen molar-refractivity contribution in [2.45, 2.75) is 31.7 Å². The molecule has 4 nitrogen and oxygen atoms in total. The Balaban J connectivity index is 3.27. The van der Waals surface area contributed by atoms with Gasteiger partial charge in [-0.1, -0.05) is 30.4 Å². The van der Waals surface area contributed by atoms with E-state index < -0.39 is 10.0 Å². The third kappa shape index (κ3) is 3.74. The number of hydrogen-bond acceptors (Lipinski definition) is 3. The van der Waals surface area contributed by atoms with E-state index in [1.165, 1.54) is 10.4 Å². The molecule has 0 amide bonds. The Morgan fingerprint density at radius 2 is 2.05 bits per heavy atom. The van der Waals surface area contributed by atoms with Gasteiger partial charge in [-0.25, -0.2) is 8.42 Å². The van der Waals surface area contributed by atoms with Crippen molar-refractivity contribution >= 4 is 21.6 Å². The van der Waals surface area contributed by atoms with Crippen molar-refractivity contribution in [3.8, 4) is 11.8 Å². The minimum Gasteiger partial charge on any atom is -0.320 e. The summed E-state index contributed by atoms with van der Waals surface area (Å²) in [5.41, 5.74) is 5.94. The summed E-state index contributed by atoms with van der Waals surface area (Å²) in [6.45, 7) is 6.10. The second-order valence-corrected chi connectivity index (χ2v) is 6.72. The Hall–Kier alpha value is -1.06. The monoisotopic (exact) mass is 314 g/mol. The van der Waals surface area contributed by atoms with Gasteiger partial charge < -0.3 is 5.73 Å². The van der Waals surface area contributed by atoms with E-state index in [0.29, 0.717) is 12.1 Å². The molecule has 0 aliphatic rings. The zero-order valence-electron chi connectivity index (χ0n) is 11.9. The highest BCUT2D eigenvalue weighted by molar-refractivity contribution is 7.89. The molecule has 110 valence electrons. The molecule has 0 aromatic heterocycles. The Morgan fingerprint density at radius 3 is 2.50 bits per heavy atom. The van der Waals surface area contributed by atoms with Crippen LogP contribution < -0.4 is 5.73 Å². The predicted octanol–water partition coefficient (Wildman–Crippen LogP) is 2.07. The molecule has 0 unspecified atom stereocenters. The van der Waals surface area contributed by atoms with E-state index in [1.54, 1.807) is 19.1 Å². The first-order valence-corrected chi connectivity index (χ1v) is 8.16. The van der Waals surface area contributed by atoms with Crippen LogP contribution in [0, 0.1) is 11.8 Å². The topological polar surface area (TPSA) is 63.4 Å². The van der Waals surface area contributed by atoms with Crippen LogP contribution in [0.1, 0.15) is 26.3 Å². The van der Waals surface area contributed by atoms with Gasteiger partial charge in [-0.05, 0) is 32.0 Å². The molecule has 0 radical (unpaired) electrons. The fourth-order valence-electron chi connectivity index (χ4n) is 1.88. The van der Waals surface area contributed by atoms with Crippen LogP contribution in [-0.4, -0.2) is 31.9 Å². The van der Waals surface area contributed by atoms with Crippen LogP contribution in [-0.2, 0) is 10.0 Å². The van der Waals surface area contributed by atoms with Crippen molar-refractivity contribution < 1.29 is 8.42 Å². The number of rotatable bonds is 4. The van der Waals surface area contributed by atoms with Gasteiger partial charge in [0.05, 0.1) is 11.6 Å². The van der Waals surface area contributed by atoms with Crippen molar-refractivity contribution in [2.75, 3.05) is 13.1 Å². The van der Waals surface area contributed by atoms with E-state index in [-0.39, 0.29) is 22.5 Å². The quantitative estimate of drug-likeness (QED) is 0.865. The largest absolute Gasteiger partial charge is 0.320 e. The molecule has 1 aromatic carbocycles. The smallest absolute Gasteiger partial charge is 0.244 e. The SMILES string of the molecule is CCN(C(C)C)S(=O)(=O)c1ccc(C#CCN)cc1Cl. The summed E-state index contributed by atoms with van der Waals surface area (Å²) in [7, 11) is -3.59. The molecule has 0 fully saturated rings. The first-order chi connectivity index (χ1) is 9.34. The van der Waals surface area contributed by atoms with Gasteiger partial charge in [0.15, 0.2) is 0 Å². The van der Waals surface area contributed by atoms with Crippen LogP contribution in [0.5, 0.6) is 0 Å². The second-order valence-electron chi connectivity index (χ2n) is 4.45. The van der Waals surface area contributed by atoms with Crippen LogP contribution in [0.25, 0.3) is 0 Å². The maximum absolute atomic E-state index is 12.5. The molecule has 0 aliphatic heterocycles. The maximum Gasteiger partial charge on any atom is 0.244 e. The molecule has 20 heavy (non-hydrogen) atoms. The summed E-state index contributed by atoms with van der Waals surface area (Å²) in [4.78, 5) is 0.105. The summed E-state index contributed by atoms with van der Waals surface area (Å²) in [5, 5.41) is 0.174. The molecule has 6 heteroatoms. The molecule has 2 N–H and O–H groups in total. The van der Waals surface area contributed by atoms with Gasteiger partial charge in [-0.2, -0.15) is 4.31 Å². The third-order valence-corrected chi connectivity index (χ3v) is 5.37. The highest BCUT2D eigenvalue weighted by atomic mass is 35.5. The Labute approximate surface area is 126 Å². The van der Waals surface area contributed by atoms with Gasteiger partial charge in [0.25, 0.3) is 0 Å². The van der Waals surface area contributed by atoms with Gasteiger partial charge >= 0.3 is 0 Å². The molecule has 0 bridgehead atoms. The van der Waals surface area contributed by atoms with Crippen molar-refractivity contribution in [1.82, 2.24) is 4.31 Å². The second kappa shape index (κ2) is 7.09. The lowest BCUT2D eigenvalue weighted by Gasteiger charge is -2.24. The molecule has 1 aromatic rings. The summed E-state index contributed by atoms with van der Waals surface area (Å²) in [6, 6.07) is 4.54. The maximum atomic E-state index is 12.5. The highest BCUT2D eigenvalue weighted by Gasteiger charge is 2.27. The number of sulfonamides is 1. The normalized spacial score (nSPS) is 11.6. The van der Waals surface area contributed by atoms with E-state index in [9.17, 15) is 8.42 Å². The summed E-state index contributed by atoms with van der Waals surface area (Å²) in [5.74, 6) is 5.52. The van der Waals surface area contributed by atoms with Crippen molar-refractivity contribution in [3.63, 3.8) is 0 Å². The van der Waals surface area contributed by atoms with Gasteiger partial charge in [-0.15, -0.1) is 0 Å². The van der Waals surface area contributed by atoms with E-state index in [0.717, 1.165) is 0 Å². The summed E-state index contributed by atoms with van der Waals surface area (Å²) in [6.07, 6.45) is 0. The van der Waals surface area contributed by atoms with Crippen molar-refractivity contribution in [3.05, 3.63) is 28.8 Å². The number of nitrogens with zero attached hydrogens (tertiary/aromatic N) is 1. The lowest BCUT2D eigenvalue weighted by Crippen LogP contribution is -2.36. The number of nitrogens with two attached hydrogens (primary N) is 1. The zero-order chi connectivity index (χ0) is 15.3. The minimum atomic E-state index is -3.59. The molecule has 0 heterocycles. The first-order valence-electron chi connectivity index (χ1n) is 6.35. The molecule has 0 saturated carbocycles. The van der Waals surface area contributed by atoms with Gasteiger partial charge in [0.1, 0.15) is 4.90 Å². The molecule has 1 rings (SSSR count). The van der Waals surface area contributed by atoms with Gasteiger partial charge in [0, 0.05) is 18.2 Å². The van der Waals surface area contributed by atoms with Crippen LogP contribution in [0.15, 0.2) is 23.1 Å². The lowest BCUT2D eigenvalue weighted by atomic mass is 10.2. The Morgan fingerprint density at radius 1 is 1.40 bits per heavy atom. The van der Waals surface area contributed by atoms with Gasteiger partial charge in [0.2, 0.25) is 10.0 Å². The van der Waals surface area contributed by atoms with Crippen molar-refractivity contribution in [1.29, 1.82) is 0 Å². The fourth-order valence-corrected chi connectivity index (χ4v) is 4.05. The van der Waals surface area contributed by atoms with Crippen LogP contribution in [0.2, 0.25) is 5.02 Å². The standard InChI is InChI=1S/C14H19ClN2O2S/c1-4-17(11(2)3)20(18,19)14-8-7-12(6-5-9-16)10-13(14)15/h7-8,10-11H,4,9,16H2,1-3H3. The molecule has 0 saturated heterocycles. The molecule has 0 atom stereocenters. The number of benzene rings is 1. The summed E-state index contributed by atoms with van der Waals surface area (Å²) < 4.78 is 26.5. The first kappa shape index (κ1) is 17.0.